The van der Waals surface area contributed by atoms with Gasteiger partial charge in [-0.3, -0.25) is 0 Å². The molecular weight excluding hydrogens is 314 g/mol. The van der Waals surface area contributed by atoms with Crippen molar-refractivity contribution in [1.82, 2.24) is 9.90 Å². The van der Waals surface area contributed by atoms with Crippen molar-refractivity contribution < 1.29 is 9.64 Å². The average molecular weight is 343 g/mol. The molecule has 0 radical (unpaired) electrons. The number of carbonyl (C=O) groups excluding carboxylic acids is 1. The molecule has 1 aromatic carbocycles. The normalized spacial score (nSPS) is 12.0. The summed E-state index contributed by atoms with van der Waals surface area (Å²) in [5, 5.41) is 15.5. The number of hydrogen-bond donors (Lipinski definition) is 0. The smallest absolute Gasteiger partial charge is 0.359 e. The van der Waals surface area contributed by atoms with E-state index in [9.17, 15) is 10.0 Å². The van der Waals surface area contributed by atoms with Crippen LogP contribution in [0.2, 0.25) is 0 Å². The number of nitrogens with zero attached hydrogens (tertiary/aromatic N) is 3. The zero-order valence-electron chi connectivity index (χ0n) is 15.4. The van der Waals surface area contributed by atoms with Gasteiger partial charge in [0, 0.05) is 6.08 Å². The maximum absolute atomic E-state index is 12.4. The highest BCUT2D eigenvalue weighted by Crippen LogP contribution is 2.14. The number of rotatable bonds is 10. The molecule has 0 spiro atoms. The third kappa shape index (κ3) is 5.69. The van der Waals surface area contributed by atoms with E-state index in [4.69, 9.17) is 0 Å². The number of unbranched alkanes of at least 4 members (excludes halogenated alkanes) is 7. The van der Waals surface area contributed by atoms with Crippen LogP contribution in [0.3, 0.4) is 0 Å². The zero-order valence-corrected chi connectivity index (χ0v) is 15.4. The molecule has 0 N–H and O–H groups in total. The summed E-state index contributed by atoms with van der Waals surface area (Å²) in [5.74, 6) is -0.261. The topological polar surface area (TPSA) is 61.8 Å². The highest BCUT2D eigenvalue weighted by Gasteiger charge is 2.19. The molecule has 0 aliphatic rings. The summed E-state index contributed by atoms with van der Waals surface area (Å²) in [6.07, 6.45) is 12.7. The summed E-state index contributed by atoms with van der Waals surface area (Å²) < 4.78 is 1.18. The van der Waals surface area contributed by atoms with Gasteiger partial charge in [-0.1, -0.05) is 74.3 Å². The summed E-state index contributed by atoms with van der Waals surface area (Å²) in [6.45, 7) is 4.20. The standard InChI is InChI=1S/C20H29N3O2/c1-3-4-5-6-7-8-9-10-13-17(2)16-20(24)22-18-14-11-12-15-19(18)23(25)21-22/h11-12,14-16H,3-10,13H2,1-2H3. The number of benzene rings is 1. The Balaban J connectivity index is 1.80. The largest absolute Gasteiger partial charge is 0.691 e. The lowest BCUT2D eigenvalue weighted by molar-refractivity contribution is -0.645. The van der Waals surface area contributed by atoms with Crippen LogP contribution in [0.4, 0.5) is 0 Å². The molecule has 5 nitrogen and oxygen atoms in total. The molecule has 25 heavy (non-hydrogen) atoms. The first kappa shape index (κ1) is 19.2. The highest BCUT2D eigenvalue weighted by molar-refractivity contribution is 5.95. The van der Waals surface area contributed by atoms with Gasteiger partial charge in [0.1, 0.15) is 5.21 Å². The molecule has 1 aromatic heterocycles. The number of fused-ring (bicyclic) bond motifs is 1. The van der Waals surface area contributed by atoms with E-state index < -0.39 is 0 Å². The Morgan fingerprint density at radius 2 is 1.76 bits per heavy atom. The number of hydrogen-bond acceptors (Lipinski definition) is 3. The van der Waals surface area contributed by atoms with Crippen LogP contribution in [-0.2, 0) is 0 Å². The van der Waals surface area contributed by atoms with E-state index in [1.165, 1.54) is 49.6 Å². The molecule has 5 heteroatoms. The first-order chi connectivity index (χ1) is 12.1. The maximum Gasteiger partial charge on any atom is 0.359 e. The van der Waals surface area contributed by atoms with Crippen molar-refractivity contribution in [3.63, 3.8) is 0 Å². The second kappa shape index (κ2) is 9.97. The lowest BCUT2D eigenvalue weighted by atomic mass is 10.0. The van der Waals surface area contributed by atoms with Gasteiger partial charge < -0.3 is 5.21 Å². The monoisotopic (exact) mass is 343 g/mol. The fraction of sp³-hybridized carbons (Fsp3) is 0.550. The van der Waals surface area contributed by atoms with Gasteiger partial charge in [0.2, 0.25) is 11.0 Å². The molecule has 0 fully saturated rings. The molecule has 0 aliphatic carbocycles. The minimum atomic E-state index is -0.261. The molecule has 0 amide bonds. The molecule has 2 aromatic rings. The summed E-state index contributed by atoms with van der Waals surface area (Å²) >= 11 is 0. The van der Waals surface area contributed by atoms with Crippen molar-refractivity contribution in [3.05, 3.63) is 41.1 Å². The summed E-state index contributed by atoms with van der Waals surface area (Å²) in [6, 6.07) is 6.95. The second-order valence-corrected chi connectivity index (χ2v) is 6.72. The third-order valence-corrected chi connectivity index (χ3v) is 4.49. The van der Waals surface area contributed by atoms with Crippen LogP contribution in [0.5, 0.6) is 0 Å². The van der Waals surface area contributed by atoms with Gasteiger partial charge in [0.15, 0.2) is 0 Å². The van der Waals surface area contributed by atoms with E-state index in [0.717, 1.165) is 18.4 Å². The number of aromatic nitrogens is 3. The van der Waals surface area contributed by atoms with E-state index in [1.54, 1.807) is 30.3 Å². The van der Waals surface area contributed by atoms with E-state index in [2.05, 4.69) is 12.1 Å². The van der Waals surface area contributed by atoms with Gasteiger partial charge in [-0.15, -0.1) is 4.85 Å². The Kier molecular flexibility index (Phi) is 7.64. The van der Waals surface area contributed by atoms with Gasteiger partial charge in [0.05, 0.1) is 0 Å². The minimum absolute atomic E-state index is 0.261. The Bertz CT molecular complexity index is 719. The fourth-order valence-corrected chi connectivity index (χ4v) is 3.03. The molecule has 0 saturated carbocycles. The fourth-order valence-electron chi connectivity index (χ4n) is 3.03. The Morgan fingerprint density at radius 1 is 1.12 bits per heavy atom. The Morgan fingerprint density at radius 3 is 2.48 bits per heavy atom. The maximum atomic E-state index is 12.4. The van der Waals surface area contributed by atoms with Crippen molar-refractivity contribution in [2.75, 3.05) is 0 Å². The van der Waals surface area contributed by atoms with Crippen molar-refractivity contribution in [3.8, 4) is 0 Å². The molecule has 0 bridgehead atoms. The van der Waals surface area contributed by atoms with E-state index in [0.29, 0.717) is 15.9 Å². The third-order valence-electron chi connectivity index (χ3n) is 4.49. The van der Waals surface area contributed by atoms with Gasteiger partial charge in [-0.05, 0) is 31.9 Å². The second-order valence-electron chi connectivity index (χ2n) is 6.72. The molecule has 0 atom stereocenters. The van der Waals surface area contributed by atoms with Crippen LogP contribution >= 0.6 is 0 Å². The van der Waals surface area contributed by atoms with Crippen molar-refractivity contribution in [2.24, 2.45) is 0 Å². The van der Waals surface area contributed by atoms with Gasteiger partial charge in [-0.2, -0.15) is 0 Å². The van der Waals surface area contributed by atoms with Crippen molar-refractivity contribution >= 4 is 16.9 Å². The van der Waals surface area contributed by atoms with Crippen LogP contribution in [0.25, 0.3) is 11.0 Å². The van der Waals surface area contributed by atoms with Crippen LogP contribution in [0, 0.1) is 5.21 Å². The van der Waals surface area contributed by atoms with E-state index in [1.807, 2.05) is 6.92 Å². The van der Waals surface area contributed by atoms with Crippen molar-refractivity contribution in [1.29, 1.82) is 0 Å². The lowest BCUT2D eigenvalue weighted by Gasteiger charge is -2.02. The molecule has 0 saturated heterocycles. The molecule has 1 heterocycles. The zero-order chi connectivity index (χ0) is 18.1. The summed E-state index contributed by atoms with van der Waals surface area (Å²) in [4.78, 5) is 12.9. The quantitative estimate of drug-likeness (QED) is 0.270. The van der Waals surface area contributed by atoms with Gasteiger partial charge in [-0.25, -0.2) is 4.79 Å². The average Bonchev–Trinajstić information content (AvgIpc) is 2.95. The predicted octanol–water partition coefficient (Wildman–Crippen LogP) is 4.79. The van der Waals surface area contributed by atoms with Crippen LogP contribution in [-0.4, -0.2) is 15.8 Å². The molecule has 136 valence electrons. The SMILES string of the molecule is CCCCCCCCCCC(C)=CC(=O)n1n[n+]([O-])c2ccccc21. The van der Waals surface area contributed by atoms with Crippen LogP contribution in [0.15, 0.2) is 35.9 Å². The number of allylic oxidation sites excluding steroid dienone is 2. The first-order valence-corrected chi connectivity index (χ1v) is 9.42. The van der Waals surface area contributed by atoms with E-state index in [-0.39, 0.29) is 5.91 Å². The first-order valence-electron chi connectivity index (χ1n) is 9.42. The summed E-state index contributed by atoms with van der Waals surface area (Å²) in [5.41, 5.74) is 1.98. The minimum Gasteiger partial charge on any atom is -0.691 e. The van der Waals surface area contributed by atoms with E-state index >= 15 is 0 Å². The van der Waals surface area contributed by atoms with Crippen molar-refractivity contribution in [2.45, 2.75) is 71.6 Å². The number of carbonyl (C=O) groups is 1. The molecular formula is C20H29N3O2. The lowest BCUT2D eigenvalue weighted by Crippen LogP contribution is -2.30. The predicted molar refractivity (Wildman–Crippen MR) is 100 cm³/mol. The number of para-hydroxylation sites is 2. The van der Waals surface area contributed by atoms with Crippen LogP contribution in [0.1, 0.15) is 76.4 Å². The Labute approximate surface area is 149 Å². The van der Waals surface area contributed by atoms with Crippen LogP contribution < -0.4 is 4.85 Å². The van der Waals surface area contributed by atoms with Gasteiger partial charge in [0.25, 0.3) is 0 Å². The Hall–Kier alpha value is -2.17. The molecule has 0 unspecified atom stereocenters. The molecule has 2 rings (SSSR count). The summed E-state index contributed by atoms with van der Waals surface area (Å²) in [7, 11) is 0. The molecule has 0 aliphatic heterocycles. The highest BCUT2D eigenvalue weighted by atomic mass is 16.5. The van der Waals surface area contributed by atoms with Gasteiger partial charge >= 0.3 is 5.91 Å².